The Morgan fingerprint density at radius 3 is 2.00 bits per heavy atom. The molecule has 2 aromatic rings. The van der Waals surface area contributed by atoms with Gasteiger partial charge in [-0.3, -0.25) is 9.59 Å². The van der Waals surface area contributed by atoms with Crippen LogP contribution < -0.4 is 10.6 Å². The lowest BCUT2D eigenvalue weighted by atomic mass is 9.90. The van der Waals surface area contributed by atoms with Gasteiger partial charge in [-0.05, 0) is 43.7 Å². The fourth-order valence-corrected chi connectivity index (χ4v) is 2.13. The van der Waals surface area contributed by atoms with E-state index < -0.39 is 29.0 Å². The summed E-state index contributed by atoms with van der Waals surface area (Å²) < 4.78 is 37.7. The molecule has 4 nitrogen and oxygen atoms in total. The standard InChI is InChI=1S/C19H19F3N2O2/c1-18(2,16(25)23-12-13-6-4-3-5-7-13)17(26)24-15-10-8-14(9-11-15)19(20,21)22/h3-11H,12H2,1-2H3,(H,23,25)(H,24,26). The van der Waals surface area contributed by atoms with Gasteiger partial charge in [0.2, 0.25) is 11.8 Å². The van der Waals surface area contributed by atoms with Crippen molar-refractivity contribution in [1.82, 2.24) is 5.32 Å². The molecular weight excluding hydrogens is 345 g/mol. The van der Waals surface area contributed by atoms with Crippen molar-refractivity contribution >= 4 is 17.5 Å². The maximum Gasteiger partial charge on any atom is 0.416 e. The molecule has 26 heavy (non-hydrogen) atoms. The van der Waals surface area contributed by atoms with Gasteiger partial charge in [-0.25, -0.2) is 0 Å². The zero-order valence-electron chi connectivity index (χ0n) is 14.4. The largest absolute Gasteiger partial charge is 0.416 e. The van der Waals surface area contributed by atoms with Crippen LogP contribution in [-0.2, 0) is 22.3 Å². The molecule has 0 atom stereocenters. The van der Waals surface area contributed by atoms with Gasteiger partial charge in [0.25, 0.3) is 0 Å². The molecule has 0 aliphatic carbocycles. The van der Waals surface area contributed by atoms with Gasteiger partial charge in [0.1, 0.15) is 5.41 Å². The fraction of sp³-hybridized carbons (Fsp3) is 0.263. The van der Waals surface area contributed by atoms with Crippen LogP contribution in [0.15, 0.2) is 54.6 Å². The van der Waals surface area contributed by atoms with E-state index in [0.29, 0.717) is 0 Å². The van der Waals surface area contributed by atoms with E-state index in [2.05, 4.69) is 10.6 Å². The predicted molar refractivity (Wildman–Crippen MR) is 92.1 cm³/mol. The highest BCUT2D eigenvalue weighted by molar-refractivity contribution is 6.09. The molecule has 2 rings (SSSR count). The maximum atomic E-state index is 12.6. The second-order valence-corrected chi connectivity index (χ2v) is 6.32. The molecule has 0 saturated carbocycles. The first-order valence-corrected chi connectivity index (χ1v) is 7.91. The molecule has 0 aliphatic heterocycles. The average molecular weight is 364 g/mol. The third-order valence-corrected chi connectivity index (χ3v) is 3.90. The second kappa shape index (κ2) is 7.59. The van der Waals surface area contributed by atoms with Crippen LogP contribution in [0.5, 0.6) is 0 Å². The molecule has 7 heteroatoms. The molecule has 0 unspecified atom stereocenters. The lowest BCUT2D eigenvalue weighted by Gasteiger charge is -2.23. The smallest absolute Gasteiger partial charge is 0.351 e. The van der Waals surface area contributed by atoms with E-state index in [-0.39, 0.29) is 12.2 Å². The maximum absolute atomic E-state index is 12.6. The van der Waals surface area contributed by atoms with Gasteiger partial charge in [-0.2, -0.15) is 13.2 Å². The molecule has 0 fully saturated rings. The van der Waals surface area contributed by atoms with Crippen LogP contribution in [0, 0.1) is 5.41 Å². The minimum absolute atomic E-state index is 0.187. The number of benzene rings is 2. The normalized spacial score (nSPS) is 11.7. The lowest BCUT2D eigenvalue weighted by Crippen LogP contribution is -2.44. The molecular formula is C19H19F3N2O2. The number of rotatable bonds is 5. The van der Waals surface area contributed by atoms with E-state index in [1.54, 1.807) is 0 Å². The van der Waals surface area contributed by atoms with Crippen molar-refractivity contribution in [2.45, 2.75) is 26.6 Å². The van der Waals surface area contributed by atoms with E-state index in [1.807, 2.05) is 30.3 Å². The molecule has 0 aliphatic rings. The van der Waals surface area contributed by atoms with Gasteiger partial charge in [-0.15, -0.1) is 0 Å². The minimum atomic E-state index is -4.45. The van der Waals surface area contributed by atoms with Crippen molar-refractivity contribution in [1.29, 1.82) is 0 Å². The van der Waals surface area contributed by atoms with Crippen LogP contribution in [0.2, 0.25) is 0 Å². The number of hydrogen-bond acceptors (Lipinski definition) is 2. The molecule has 0 bridgehead atoms. The fourth-order valence-electron chi connectivity index (χ4n) is 2.13. The number of nitrogens with one attached hydrogen (secondary N) is 2. The van der Waals surface area contributed by atoms with Crippen LogP contribution in [-0.4, -0.2) is 11.8 Å². The van der Waals surface area contributed by atoms with Gasteiger partial charge in [0.15, 0.2) is 0 Å². The first kappa shape index (κ1) is 19.5. The summed E-state index contributed by atoms with van der Waals surface area (Å²) in [4.78, 5) is 24.7. The highest BCUT2D eigenvalue weighted by atomic mass is 19.4. The molecule has 2 aromatic carbocycles. The van der Waals surface area contributed by atoms with E-state index in [0.717, 1.165) is 29.8 Å². The molecule has 0 spiro atoms. The number of hydrogen-bond donors (Lipinski definition) is 2. The van der Waals surface area contributed by atoms with E-state index >= 15 is 0 Å². The van der Waals surface area contributed by atoms with Crippen molar-refractivity contribution in [3.63, 3.8) is 0 Å². The Balaban J connectivity index is 1.99. The predicted octanol–water partition coefficient (Wildman–Crippen LogP) is 3.99. The Bertz CT molecular complexity index is 770. The summed E-state index contributed by atoms with van der Waals surface area (Å²) in [5.41, 5.74) is -1.13. The molecule has 0 heterocycles. The van der Waals surface area contributed by atoms with E-state index in [9.17, 15) is 22.8 Å². The number of carbonyl (C=O) groups is 2. The monoisotopic (exact) mass is 364 g/mol. The molecule has 2 N–H and O–H groups in total. The average Bonchev–Trinajstić information content (AvgIpc) is 2.60. The summed E-state index contributed by atoms with van der Waals surface area (Å²) >= 11 is 0. The van der Waals surface area contributed by atoms with Gasteiger partial charge in [0.05, 0.1) is 5.56 Å². The molecule has 0 aromatic heterocycles. The van der Waals surface area contributed by atoms with E-state index in [1.165, 1.54) is 13.8 Å². The quantitative estimate of drug-likeness (QED) is 0.789. The van der Waals surface area contributed by atoms with Crippen molar-refractivity contribution in [3.05, 3.63) is 65.7 Å². The van der Waals surface area contributed by atoms with Gasteiger partial charge >= 0.3 is 6.18 Å². The van der Waals surface area contributed by atoms with Crippen molar-refractivity contribution in [2.75, 3.05) is 5.32 Å². The number of anilines is 1. The molecule has 0 radical (unpaired) electrons. The van der Waals surface area contributed by atoms with Crippen LogP contribution in [0.25, 0.3) is 0 Å². The number of amides is 2. The van der Waals surface area contributed by atoms with Crippen molar-refractivity contribution in [2.24, 2.45) is 5.41 Å². The zero-order valence-corrected chi connectivity index (χ0v) is 14.4. The van der Waals surface area contributed by atoms with E-state index in [4.69, 9.17) is 0 Å². The lowest BCUT2D eigenvalue weighted by molar-refractivity contribution is -0.139. The Labute approximate surface area is 149 Å². The van der Waals surface area contributed by atoms with Crippen LogP contribution in [0.1, 0.15) is 25.0 Å². The van der Waals surface area contributed by atoms with Gasteiger partial charge in [0, 0.05) is 12.2 Å². The SMILES string of the molecule is CC(C)(C(=O)NCc1ccccc1)C(=O)Nc1ccc(C(F)(F)F)cc1. The first-order chi connectivity index (χ1) is 12.1. The molecule has 138 valence electrons. The Morgan fingerprint density at radius 2 is 1.46 bits per heavy atom. The summed E-state index contributed by atoms with van der Waals surface area (Å²) in [6.45, 7) is 3.18. The van der Waals surface area contributed by atoms with Crippen molar-refractivity contribution in [3.8, 4) is 0 Å². The third kappa shape index (κ3) is 4.84. The van der Waals surface area contributed by atoms with Crippen LogP contribution >= 0.6 is 0 Å². The Hall–Kier alpha value is -2.83. The highest BCUT2D eigenvalue weighted by Gasteiger charge is 2.36. The number of carbonyl (C=O) groups excluding carboxylic acids is 2. The Kier molecular flexibility index (Phi) is 5.69. The second-order valence-electron chi connectivity index (χ2n) is 6.32. The first-order valence-electron chi connectivity index (χ1n) is 7.91. The molecule has 0 saturated heterocycles. The van der Waals surface area contributed by atoms with Gasteiger partial charge < -0.3 is 10.6 Å². The molecule has 2 amide bonds. The topological polar surface area (TPSA) is 58.2 Å². The summed E-state index contributed by atoms with van der Waals surface area (Å²) in [7, 11) is 0. The van der Waals surface area contributed by atoms with Crippen LogP contribution in [0.3, 0.4) is 0 Å². The summed E-state index contributed by atoms with van der Waals surface area (Å²) in [5, 5.41) is 5.16. The van der Waals surface area contributed by atoms with Crippen LogP contribution in [0.4, 0.5) is 18.9 Å². The van der Waals surface area contributed by atoms with Crippen molar-refractivity contribution < 1.29 is 22.8 Å². The highest BCUT2D eigenvalue weighted by Crippen LogP contribution is 2.30. The Morgan fingerprint density at radius 1 is 0.885 bits per heavy atom. The zero-order chi connectivity index (χ0) is 19.4. The minimum Gasteiger partial charge on any atom is -0.351 e. The third-order valence-electron chi connectivity index (χ3n) is 3.90. The van der Waals surface area contributed by atoms with Gasteiger partial charge in [-0.1, -0.05) is 30.3 Å². The number of alkyl halides is 3. The number of halogens is 3. The summed E-state index contributed by atoms with van der Waals surface area (Å²) in [6.07, 6.45) is -4.45. The summed E-state index contributed by atoms with van der Waals surface area (Å²) in [5.74, 6) is -1.09. The summed E-state index contributed by atoms with van der Waals surface area (Å²) in [6, 6.07) is 13.3.